The number of amides is 1. The van der Waals surface area contributed by atoms with Gasteiger partial charge in [0.05, 0.1) is 6.04 Å². The van der Waals surface area contributed by atoms with Crippen molar-refractivity contribution < 1.29 is 4.79 Å². The molecule has 2 aromatic rings. The Kier molecular flexibility index (Phi) is 3.97. The van der Waals surface area contributed by atoms with E-state index in [0.29, 0.717) is 5.02 Å². The summed E-state index contributed by atoms with van der Waals surface area (Å²) < 4.78 is 0. The van der Waals surface area contributed by atoms with E-state index in [0.717, 1.165) is 5.56 Å². The summed E-state index contributed by atoms with van der Waals surface area (Å²) in [7, 11) is 0. The molecule has 0 aliphatic heterocycles. The highest BCUT2D eigenvalue weighted by Gasteiger charge is 2.16. The number of halogens is 1. The first-order valence-corrected chi connectivity index (χ1v) is 6.09. The quantitative estimate of drug-likeness (QED) is 0.900. The van der Waals surface area contributed by atoms with Gasteiger partial charge in [-0.15, -0.1) is 0 Å². The van der Waals surface area contributed by atoms with Crippen LogP contribution in [0.15, 0.2) is 36.7 Å². The van der Waals surface area contributed by atoms with Crippen molar-refractivity contribution in [3.63, 3.8) is 0 Å². The zero-order valence-electron chi connectivity index (χ0n) is 10.3. The fourth-order valence-corrected chi connectivity index (χ4v) is 1.99. The third-order valence-corrected chi connectivity index (χ3v) is 3.01. The molecule has 0 aliphatic carbocycles. The van der Waals surface area contributed by atoms with Crippen LogP contribution in [-0.2, 0) is 0 Å². The van der Waals surface area contributed by atoms with Crippen molar-refractivity contribution in [1.82, 2.24) is 15.3 Å². The minimum absolute atomic E-state index is 0.103. The van der Waals surface area contributed by atoms with Crippen LogP contribution in [0.3, 0.4) is 0 Å². The Morgan fingerprint density at radius 1 is 1.32 bits per heavy atom. The summed E-state index contributed by atoms with van der Waals surface area (Å²) in [6, 6.07) is 7.08. The molecule has 98 valence electrons. The molecule has 0 saturated heterocycles. The number of hydrogen-bond acceptors (Lipinski definition) is 4. The number of benzene rings is 1. The molecule has 6 heteroatoms. The first-order valence-electron chi connectivity index (χ1n) is 5.71. The van der Waals surface area contributed by atoms with Gasteiger partial charge in [0, 0.05) is 17.4 Å². The number of carbonyl (C=O) groups is 1. The maximum Gasteiger partial charge on any atom is 0.274 e. The molecule has 0 spiro atoms. The molecule has 1 heterocycles. The molecule has 0 radical (unpaired) electrons. The molecule has 2 rings (SSSR count). The third-order valence-electron chi connectivity index (χ3n) is 2.66. The highest BCUT2D eigenvalue weighted by molar-refractivity contribution is 6.31. The molecular formula is C13H13ClN4O. The van der Waals surface area contributed by atoms with Crippen LogP contribution in [0.25, 0.3) is 0 Å². The van der Waals surface area contributed by atoms with E-state index in [4.69, 9.17) is 17.3 Å². The fourth-order valence-electron chi connectivity index (χ4n) is 1.69. The van der Waals surface area contributed by atoms with Gasteiger partial charge in [-0.3, -0.25) is 4.79 Å². The predicted molar refractivity (Wildman–Crippen MR) is 73.8 cm³/mol. The Morgan fingerprint density at radius 2 is 2.00 bits per heavy atom. The smallest absolute Gasteiger partial charge is 0.274 e. The van der Waals surface area contributed by atoms with Crippen LogP contribution in [0.5, 0.6) is 0 Å². The van der Waals surface area contributed by atoms with Gasteiger partial charge in [0.2, 0.25) is 0 Å². The normalized spacial score (nSPS) is 11.9. The topological polar surface area (TPSA) is 80.9 Å². The number of nitrogen functional groups attached to an aromatic ring is 1. The molecule has 3 N–H and O–H groups in total. The van der Waals surface area contributed by atoms with Crippen molar-refractivity contribution in [3.05, 3.63) is 52.9 Å². The van der Waals surface area contributed by atoms with Gasteiger partial charge in [0.15, 0.2) is 11.5 Å². The van der Waals surface area contributed by atoms with E-state index in [2.05, 4.69) is 15.3 Å². The SMILES string of the molecule is CC(NC(=O)c1nccnc1N)c1ccccc1Cl. The molecule has 1 unspecified atom stereocenters. The lowest BCUT2D eigenvalue weighted by atomic mass is 10.1. The summed E-state index contributed by atoms with van der Waals surface area (Å²) in [4.78, 5) is 19.8. The lowest BCUT2D eigenvalue weighted by Crippen LogP contribution is -2.28. The van der Waals surface area contributed by atoms with Gasteiger partial charge in [-0.25, -0.2) is 9.97 Å². The Balaban J connectivity index is 2.16. The third kappa shape index (κ3) is 3.00. The number of nitrogens with one attached hydrogen (secondary N) is 1. The number of nitrogens with zero attached hydrogens (tertiary/aromatic N) is 2. The monoisotopic (exact) mass is 276 g/mol. The molecule has 1 atom stereocenters. The number of aromatic nitrogens is 2. The predicted octanol–water partition coefficient (Wildman–Crippen LogP) is 2.20. The van der Waals surface area contributed by atoms with Crippen molar-refractivity contribution in [2.75, 3.05) is 5.73 Å². The van der Waals surface area contributed by atoms with Crippen molar-refractivity contribution in [1.29, 1.82) is 0 Å². The van der Waals surface area contributed by atoms with Crippen molar-refractivity contribution in [2.45, 2.75) is 13.0 Å². The largest absolute Gasteiger partial charge is 0.382 e. The average Bonchev–Trinajstić information content (AvgIpc) is 2.39. The Morgan fingerprint density at radius 3 is 2.68 bits per heavy atom. The number of rotatable bonds is 3. The fraction of sp³-hybridized carbons (Fsp3) is 0.154. The van der Waals surface area contributed by atoms with Crippen LogP contribution in [-0.4, -0.2) is 15.9 Å². The molecule has 1 amide bonds. The first kappa shape index (κ1) is 13.3. The Bertz CT molecular complexity index is 603. The highest BCUT2D eigenvalue weighted by Crippen LogP contribution is 2.22. The van der Waals surface area contributed by atoms with E-state index in [1.54, 1.807) is 6.07 Å². The van der Waals surface area contributed by atoms with Crippen molar-refractivity contribution >= 4 is 23.3 Å². The summed E-state index contributed by atoms with van der Waals surface area (Å²) in [5.41, 5.74) is 6.55. The zero-order chi connectivity index (χ0) is 13.8. The van der Waals surface area contributed by atoms with E-state index in [1.165, 1.54) is 12.4 Å². The number of nitrogens with two attached hydrogens (primary N) is 1. The molecule has 5 nitrogen and oxygen atoms in total. The van der Waals surface area contributed by atoms with Crippen molar-refractivity contribution in [3.8, 4) is 0 Å². The molecule has 0 bridgehead atoms. The van der Waals surface area contributed by atoms with E-state index >= 15 is 0 Å². The molecule has 1 aromatic heterocycles. The van der Waals surface area contributed by atoms with E-state index in [1.807, 2.05) is 25.1 Å². The maximum absolute atomic E-state index is 12.0. The van der Waals surface area contributed by atoms with Crippen LogP contribution in [0, 0.1) is 0 Å². The second kappa shape index (κ2) is 5.67. The Labute approximate surface area is 115 Å². The first-order chi connectivity index (χ1) is 9.09. The van der Waals surface area contributed by atoms with Crippen LogP contribution in [0.1, 0.15) is 29.0 Å². The molecule has 0 aliphatic rings. The Hall–Kier alpha value is -2.14. The van der Waals surface area contributed by atoms with Crippen LogP contribution in [0.2, 0.25) is 5.02 Å². The maximum atomic E-state index is 12.0. The summed E-state index contributed by atoms with van der Waals surface area (Å²) in [5, 5.41) is 3.39. The average molecular weight is 277 g/mol. The molecule has 0 fully saturated rings. The lowest BCUT2D eigenvalue weighted by Gasteiger charge is -2.15. The van der Waals surface area contributed by atoms with Gasteiger partial charge >= 0.3 is 0 Å². The van der Waals surface area contributed by atoms with E-state index < -0.39 is 0 Å². The van der Waals surface area contributed by atoms with Crippen LogP contribution >= 0.6 is 11.6 Å². The van der Waals surface area contributed by atoms with Gasteiger partial charge in [-0.1, -0.05) is 29.8 Å². The summed E-state index contributed by atoms with van der Waals surface area (Å²) in [6.07, 6.45) is 2.86. The van der Waals surface area contributed by atoms with E-state index in [9.17, 15) is 4.79 Å². The highest BCUT2D eigenvalue weighted by atomic mass is 35.5. The van der Waals surface area contributed by atoms with Gasteiger partial charge in [0.25, 0.3) is 5.91 Å². The van der Waals surface area contributed by atoms with Crippen LogP contribution in [0.4, 0.5) is 5.82 Å². The van der Waals surface area contributed by atoms with Gasteiger partial charge < -0.3 is 11.1 Å². The summed E-state index contributed by atoms with van der Waals surface area (Å²) in [5.74, 6) is -0.274. The van der Waals surface area contributed by atoms with Crippen LogP contribution < -0.4 is 11.1 Å². The van der Waals surface area contributed by atoms with Gasteiger partial charge in [0.1, 0.15) is 0 Å². The molecule has 0 saturated carbocycles. The minimum Gasteiger partial charge on any atom is -0.382 e. The summed E-state index contributed by atoms with van der Waals surface area (Å²) >= 11 is 6.08. The lowest BCUT2D eigenvalue weighted by molar-refractivity contribution is 0.0935. The summed E-state index contributed by atoms with van der Waals surface area (Å²) in [6.45, 7) is 1.84. The number of carbonyl (C=O) groups excluding carboxylic acids is 1. The van der Waals surface area contributed by atoms with Gasteiger partial charge in [-0.2, -0.15) is 0 Å². The second-order valence-electron chi connectivity index (χ2n) is 4.01. The number of anilines is 1. The molecule has 1 aromatic carbocycles. The molecular weight excluding hydrogens is 264 g/mol. The number of hydrogen-bond donors (Lipinski definition) is 2. The molecule has 19 heavy (non-hydrogen) atoms. The van der Waals surface area contributed by atoms with Gasteiger partial charge in [-0.05, 0) is 18.6 Å². The zero-order valence-corrected chi connectivity index (χ0v) is 11.1. The minimum atomic E-state index is -0.377. The standard InChI is InChI=1S/C13H13ClN4O/c1-8(9-4-2-3-5-10(9)14)18-13(19)11-12(15)17-7-6-16-11/h2-8H,1H3,(H2,15,17)(H,18,19). The second-order valence-corrected chi connectivity index (χ2v) is 4.41. The van der Waals surface area contributed by atoms with E-state index in [-0.39, 0.29) is 23.5 Å². The van der Waals surface area contributed by atoms with Crippen molar-refractivity contribution in [2.24, 2.45) is 0 Å².